The number of hydrogen-bond acceptors (Lipinski definition) is 3. The molecular weight excluding hydrogens is 158 g/mol. The first-order valence-corrected chi connectivity index (χ1v) is 4.58. The van der Waals surface area contributed by atoms with Crippen LogP contribution in [0, 0.1) is 0 Å². The molecule has 2 rings (SSSR count). The van der Waals surface area contributed by atoms with Gasteiger partial charge < -0.3 is 10.1 Å². The van der Waals surface area contributed by atoms with Crippen molar-refractivity contribution < 1.29 is 6.11 Å². The maximum absolute atomic E-state index is 8.00. The van der Waals surface area contributed by atoms with Gasteiger partial charge in [-0.15, -0.1) is 11.3 Å². The van der Waals surface area contributed by atoms with E-state index in [1.807, 2.05) is 17.5 Å². The number of ether oxygens (including phenoxy) is 1. The summed E-state index contributed by atoms with van der Waals surface area (Å²) in [5.41, 5.74) is 0. The van der Waals surface area contributed by atoms with Crippen LogP contribution in [0.4, 0.5) is 0 Å². The molecule has 1 aromatic heterocycles. The van der Waals surface area contributed by atoms with Crippen molar-refractivity contribution in [3.63, 3.8) is 0 Å². The molecule has 0 radical (unpaired) electrons. The van der Waals surface area contributed by atoms with Crippen LogP contribution < -0.4 is 5.32 Å². The van der Waals surface area contributed by atoms with Gasteiger partial charge in [-0.3, -0.25) is 0 Å². The number of nitrogens with one attached hydrogen (secondary N) is 1. The molecule has 1 unspecified atom stereocenters. The molecule has 2 nitrogen and oxygen atoms in total. The van der Waals surface area contributed by atoms with Crippen molar-refractivity contribution in [1.29, 1.82) is 0 Å². The highest BCUT2D eigenvalue weighted by atomic mass is 32.1. The lowest BCUT2D eigenvalue weighted by atomic mass is 10.2. The molecule has 1 aliphatic rings. The molecule has 0 aliphatic carbocycles. The lowest BCUT2D eigenvalue weighted by Gasteiger charge is -2.22. The zero-order valence-electron chi connectivity index (χ0n) is 7.17. The Morgan fingerprint density at radius 1 is 1.82 bits per heavy atom. The van der Waals surface area contributed by atoms with E-state index in [4.69, 9.17) is 6.11 Å². The Balaban J connectivity index is 2.19. The van der Waals surface area contributed by atoms with Crippen LogP contribution in [0.3, 0.4) is 0 Å². The summed E-state index contributed by atoms with van der Waals surface area (Å²) < 4.78 is 13.4. The number of thiophene rings is 1. The van der Waals surface area contributed by atoms with E-state index in [1.165, 1.54) is 0 Å². The molecule has 0 spiro atoms. The fraction of sp³-hybridized carbons (Fsp3) is 0.500. The van der Waals surface area contributed by atoms with Crippen molar-refractivity contribution in [2.24, 2.45) is 0 Å². The Hall–Kier alpha value is -0.380. The van der Waals surface area contributed by atoms with E-state index in [2.05, 4.69) is 5.32 Å². The van der Waals surface area contributed by atoms with Crippen LogP contribution in [-0.4, -0.2) is 19.7 Å². The third-order valence-electron chi connectivity index (χ3n) is 1.64. The Kier molecular flexibility index (Phi) is 1.88. The standard InChI is InChI=1S/C8H11NOS/c1-2-8(11-5-1)7-6-9-3-4-10-7/h1-2,5,7,9H,3-4,6H2/i7D. The van der Waals surface area contributed by atoms with E-state index in [0.717, 1.165) is 11.4 Å². The van der Waals surface area contributed by atoms with Crippen molar-refractivity contribution in [3.8, 4) is 0 Å². The summed E-state index contributed by atoms with van der Waals surface area (Å²) in [4.78, 5) is 0.981. The number of rotatable bonds is 1. The second kappa shape index (κ2) is 3.34. The van der Waals surface area contributed by atoms with Crippen LogP contribution in [0.15, 0.2) is 17.5 Å². The second-order valence-corrected chi connectivity index (χ2v) is 3.37. The van der Waals surface area contributed by atoms with Gasteiger partial charge in [0, 0.05) is 18.0 Å². The van der Waals surface area contributed by atoms with Gasteiger partial charge in [0.05, 0.1) is 7.98 Å². The van der Waals surface area contributed by atoms with Crippen molar-refractivity contribution in [1.82, 2.24) is 5.32 Å². The SMILES string of the molecule is [2H]C1(c2cccs2)CNCCO1. The zero-order valence-corrected chi connectivity index (χ0v) is 6.99. The summed E-state index contributed by atoms with van der Waals surface area (Å²) in [6.45, 7) is 2.07. The Bertz CT molecular complexity index is 244. The van der Waals surface area contributed by atoms with E-state index in [-0.39, 0.29) is 0 Å². The van der Waals surface area contributed by atoms with Crippen LogP contribution in [0.1, 0.15) is 12.3 Å². The maximum Gasteiger partial charge on any atom is 0.104 e. The van der Waals surface area contributed by atoms with E-state index in [1.54, 1.807) is 11.3 Å². The van der Waals surface area contributed by atoms with Crippen molar-refractivity contribution in [2.45, 2.75) is 6.08 Å². The molecular formula is C8H11NOS. The van der Waals surface area contributed by atoms with Crippen LogP contribution >= 0.6 is 11.3 Å². The molecule has 3 heteroatoms. The maximum atomic E-state index is 8.00. The van der Waals surface area contributed by atoms with E-state index in [9.17, 15) is 0 Å². The molecule has 0 amide bonds. The van der Waals surface area contributed by atoms with Gasteiger partial charge >= 0.3 is 0 Å². The molecule has 1 saturated heterocycles. The molecule has 2 heterocycles. The van der Waals surface area contributed by atoms with E-state index >= 15 is 0 Å². The molecule has 0 bridgehead atoms. The Morgan fingerprint density at radius 2 is 2.82 bits per heavy atom. The molecule has 11 heavy (non-hydrogen) atoms. The van der Waals surface area contributed by atoms with Gasteiger partial charge in [-0.2, -0.15) is 0 Å². The highest BCUT2D eigenvalue weighted by molar-refractivity contribution is 7.10. The highest BCUT2D eigenvalue weighted by Gasteiger charge is 2.15. The van der Waals surface area contributed by atoms with Crippen LogP contribution in [0.2, 0.25) is 0 Å². The number of hydrogen-bond donors (Lipinski definition) is 1. The van der Waals surface area contributed by atoms with Gasteiger partial charge in [-0.25, -0.2) is 0 Å². The summed E-state index contributed by atoms with van der Waals surface area (Å²) in [5.74, 6) is 0. The molecule has 0 aromatic carbocycles. The van der Waals surface area contributed by atoms with Crippen LogP contribution in [0.25, 0.3) is 0 Å². The average Bonchev–Trinajstić information content (AvgIpc) is 2.58. The Morgan fingerprint density at radius 3 is 3.45 bits per heavy atom. The average molecular weight is 170 g/mol. The monoisotopic (exact) mass is 170 g/mol. The normalized spacial score (nSPS) is 33.3. The minimum Gasteiger partial charge on any atom is -0.370 e. The molecule has 0 saturated carbocycles. The van der Waals surface area contributed by atoms with Crippen molar-refractivity contribution in [3.05, 3.63) is 22.4 Å². The van der Waals surface area contributed by atoms with Gasteiger partial charge in [-0.1, -0.05) is 6.07 Å². The minimum absolute atomic E-state index is 0.591. The van der Waals surface area contributed by atoms with E-state index in [0.29, 0.717) is 13.2 Å². The minimum atomic E-state index is -0.841. The van der Waals surface area contributed by atoms with Gasteiger partial charge in [0.25, 0.3) is 0 Å². The van der Waals surface area contributed by atoms with Gasteiger partial charge in [-0.05, 0) is 11.4 Å². The summed E-state index contributed by atoms with van der Waals surface area (Å²) >= 11 is 1.58. The highest BCUT2D eigenvalue weighted by Crippen LogP contribution is 2.22. The van der Waals surface area contributed by atoms with Crippen molar-refractivity contribution in [2.75, 3.05) is 19.7 Å². The van der Waals surface area contributed by atoms with E-state index < -0.39 is 6.08 Å². The summed E-state index contributed by atoms with van der Waals surface area (Å²) in [6, 6.07) is 3.90. The lowest BCUT2D eigenvalue weighted by molar-refractivity contribution is 0.0299. The predicted molar refractivity (Wildman–Crippen MR) is 45.9 cm³/mol. The molecule has 1 fully saturated rings. The molecule has 1 N–H and O–H groups in total. The molecule has 1 atom stereocenters. The van der Waals surface area contributed by atoms with Gasteiger partial charge in [0.1, 0.15) is 6.08 Å². The fourth-order valence-corrected chi connectivity index (χ4v) is 1.82. The fourth-order valence-electron chi connectivity index (χ4n) is 1.09. The first-order valence-electron chi connectivity index (χ1n) is 4.20. The third kappa shape index (κ3) is 1.61. The smallest absolute Gasteiger partial charge is 0.104 e. The largest absolute Gasteiger partial charge is 0.370 e. The quantitative estimate of drug-likeness (QED) is 0.688. The van der Waals surface area contributed by atoms with Gasteiger partial charge in [0.2, 0.25) is 0 Å². The van der Waals surface area contributed by atoms with Crippen LogP contribution in [-0.2, 0) is 4.74 Å². The summed E-state index contributed by atoms with van der Waals surface area (Å²) in [5, 5.41) is 5.13. The van der Waals surface area contributed by atoms with Gasteiger partial charge in [0.15, 0.2) is 0 Å². The van der Waals surface area contributed by atoms with Crippen LogP contribution in [0.5, 0.6) is 0 Å². The Labute approximate surface area is 71.6 Å². The topological polar surface area (TPSA) is 21.3 Å². The molecule has 60 valence electrons. The zero-order chi connectivity index (χ0) is 8.44. The second-order valence-electron chi connectivity index (χ2n) is 2.43. The lowest BCUT2D eigenvalue weighted by Crippen LogP contribution is -2.32. The number of morpholine rings is 1. The molecule has 1 aliphatic heterocycles. The summed E-state index contributed by atoms with van der Waals surface area (Å²) in [7, 11) is 0. The first kappa shape index (κ1) is 6.17. The molecule has 1 aromatic rings. The predicted octanol–water partition coefficient (Wildman–Crippen LogP) is 1.41. The summed E-state index contributed by atoms with van der Waals surface area (Å²) in [6.07, 6.45) is -0.841. The first-order chi connectivity index (χ1) is 5.81. The third-order valence-corrected chi connectivity index (χ3v) is 2.55. The van der Waals surface area contributed by atoms with Crippen molar-refractivity contribution >= 4 is 11.3 Å².